The predicted molar refractivity (Wildman–Crippen MR) is 78.0 cm³/mol. The lowest BCUT2D eigenvalue weighted by molar-refractivity contribution is -0.120. The fourth-order valence-corrected chi connectivity index (χ4v) is 2.27. The van der Waals surface area contributed by atoms with Crippen LogP contribution in [0.25, 0.3) is 0 Å². The van der Waals surface area contributed by atoms with Gasteiger partial charge in [-0.25, -0.2) is 0 Å². The highest BCUT2D eigenvalue weighted by atomic mass is 16.3. The van der Waals surface area contributed by atoms with Gasteiger partial charge in [0.15, 0.2) is 0 Å². The molecule has 3 heteroatoms. The second kappa shape index (κ2) is 8.70. The number of rotatable bonds is 8. The smallest absolute Gasteiger partial charge is 0.224 e. The molecule has 1 aromatic rings. The minimum Gasteiger partial charge on any atom is -0.396 e. The molecular weight excluding hydrogens is 238 g/mol. The monoisotopic (exact) mass is 263 g/mol. The topological polar surface area (TPSA) is 49.3 Å². The molecular formula is C16H25NO2. The van der Waals surface area contributed by atoms with Gasteiger partial charge in [-0.15, -0.1) is 0 Å². The van der Waals surface area contributed by atoms with E-state index in [1.165, 1.54) is 5.56 Å². The summed E-state index contributed by atoms with van der Waals surface area (Å²) in [6, 6.07) is 8.02. The van der Waals surface area contributed by atoms with E-state index in [2.05, 4.69) is 12.2 Å². The van der Waals surface area contributed by atoms with Crippen LogP contribution in [0.2, 0.25) is 0 Å². The summed E-state index contributed by atoms with van der Waals surface area (Å²) in [5, 5.41) is 12.0. The molecule has 0 bridgehead atoms. The van der Waals surface area contributed by atoms with Crippen LogP contribution in [-0.4, -0.2) is 24.2 Å². The van der Waals surface area contributed by atoms with Gasteiger partial charge in [0, 0.05) is 13.2 Å². The Hall–Kier alpha value is -1.35. The van der Waals surface area contributed by atoms with Crippen LogP contribution in [0.3, 0.4) is 0 Å². The van der Waals surface area contributed by atoms with E-state index < -0.39 is 0 Å². The number of carbonyl (C=O) groups excluding carboxylic acids is 1. The SMILES string of the molecule is CCCC(CCO)CNC(=O)Cc1cccc(C)c1. The standard InChI is InChI=1S/C16H25NO2/c1-3-5-14(8-9-18)12-17-16(19)11-15-7-4-6-13(2)10-15/h4,6-7,10,14,18H,3,5,8-9,11-12H2,1-2H3,(H,17,19). The first-order chi connectivity index (χ1) is 9.15. The van der Waals surface area contributed by atoms with E-state index in [-0.39, 0.29) is 12.5 Å². The van der Waals surface area contributed by atoms with Gasteiger partial charge in [0.05, 0.1) is 6.42 Å². The van der Waals surface area contributed by atoms with E-state index in [9.17, 15) is 4.79 Å². The Bertz CT molecular complexity index is 384. The lowest BCUT2D eigenvalue weighted by Crippen LogP contribution is -2.31. The van der Waals surface area contributed by atoms with Crippen LogP contribution in [0.4, 0.5) is 0 Å². The van der Waals surface area contributed by atoms with Crippen LogP contribution in [-0.2, 0) is 11.2 Å². The number of carbonyl (C=O) groups is 1. The Morgan fingerprint density at radius 1 is 1.37 bits per heavy atom. The fourth-order valence-electron chi connectivity index (χ4n) is 2.27. The molecule has 0 saturated heterocycles. The quantitative estimate of drug-likeness (QED) is 0.757. The summed E-state index contributed by atoms with van der Waals surface area (Å²) >= 11 is 0. The molecule has 2 N–H and O–H groups in total. The molecule has 0 saturated carbocycles. The number of aliphatic hydroxyl groups excluding tert-OH is 1. The fraction of sp³-hybridized carbons (Fsp3) is 0.562. The zero-order valence-corrected chi connectivity index (χ0v) is 12.0. The Kier molecular flexibility index (Phi) is 7.19. The number of amides is 1. The van der Waals surface area contributed by atoms with Crippen LogP contribution in [0.15, 0.2) is 24.3 Å². The third-order valence-electron chi connectivity index (χ3n) is 3.27. The molecule has 0 aromatic heterocycles. The first-order valence-electron chi connectivity index (χ1n) is 7.08. The van der Waals surface area contributed by atoms with Crippen LogP contribution in [0, 0.1) is 12.8 Å². The number of aryl methyl sites for hydroxylation is 1. The van der Waals surface area contributed by atoms with Crippen LogP contribution < -0.4 is 5.32 Å². The first kappa shape index (κ1) is 15.7. The van der Waals surface area contributed by atoms with Crippen molar-refractivity contribution < 1.29 is 9.90 Å². The number of benzene rings is 1. The predicted octanol–water partition coefficient (Wildman–Crippen LogP) is 2.45. The maximum absolute atomic E-state index is 11.9. The second-order valence-corrected chi connectivity index (χ2v) is 5.14. The summed E-state index contributed by atoms with van der Waals surface area (Å²) in [6.45, 7) is 5.01. The Labute approximate surface area is 116 Å². The zero-order chi connectivity index (χ0) is 14.1. The number of hydrogen-bond acceptors (Lipinski definition) is 2. The normalized spacial score (nSPS) is 12.2. The van der Waals surface area contributed by atoms with E-state index >= 15 is 0 Å². The van der Waals surface area contributed by atoms with Crippen molar-refractivity contribution >= 4 is 5.91 Å². The van der Waals surface area contributed by atoms with E-state index in [4.69, 9.17) is 5.11 Å². The first-order valence-corrected chi connectivity index (χ1v) is 7.08. The van der Waals surface area contributed by atoms with Gasteiger partial charge in [-0.1, -0.05) is 43.2 Å². The summed E-state index contributed by atoms with van der Waals surface area (Å²) in [5.41, 5.74) is 2.22. The molecule has 1 rings (SSSR count). The number of nitrogens with one attached hydrogen (secondary N) is 1. The molecule has 0 aliphatic heterocycles. The zero-order valence-electron chi connectivity index (χ0n) is 12.0. The summed E-state index contributed by atoms with van der Waals surface area (Å²) in [5.74, 6) is 0.445. The van der Waals surface area contributed by atoms with E-state index in [1.807, 2.05) is 31.2 Å². The van der Waals surface area contributed by atoms with Crippen LogP contribution >= 0.6 is 0 Å². The average Bonchev–Trinajstić information content (AvgIpc) is 2.36. The summed E-state index contributed by atoms with van der Waals surface area (Å²) in [7, 11) is 0. The molecule has 0 radical (unpaired) electrons. The van der Waals surface area contributed by atoms with Gasteiger partial charge < -0.3 is 10.4 Å². The molecule has 0 heterocycles. The Morgan fingerprint density at radius 2 is 2.16 bits per heavy atom. The highest BCUT2D eigenvalue weighted by molar-refractivity contribution is 5.78. The molecule has 0 aliphatic rings. The number of aliphatic hydroxyl groups is 1. The molecule has 1 atom stereocenters. The van der Waals surface area contributed by atoms with Gasteiger partial charge in [0.2, 0.25) is 5.91 Å². The van der Waals surface area contributed by atoms with Gasteiger partial charge in [-0.3, -0.25) is 4.79 Å². The molecule has 19 heavy (non-hydrogen) atoms. The van der Waals surface area contributed by atoms with Gasteiger partial charge in [-0.2, -0.15) is 0 Å². The van der Waals surface area contributed by atoms with E-state index in [1.54, 1.807) is 0 Å². The van der Waals surface area contributed by atoms with Crippen molar-refractivity contribution in [2.24, 2.45) is 5.92 Å². The van der Waals surface area contributed by atoms with Crippen LogP contribution in [0.1, 0.15) is 37.3 Å². The number of hydrogen-bond donors (Lipinski definition) is 2. The van der Waals surface area contributed by atoms with Crippen molar-refractivity contribution in [1.82, 2.24) is 5.32 Å². The molecule has 0 aliphatic carbocycles. The van der Waals surface area contributed by atoms with Gasteiger partial charge in [0.1, 0.15) is 0 Å². The van der Waals surface area contributed by atoms with Crippen molar-refractivity contribution in [2.75, 3.05) is 13.2 Å². The maximum Gasteiger partial charge on any atom is 0.224 e. The third-order valence-corrected chi connectivity index (χ3v) is 3.27. The van der Waals surface area contributed by atoms with Crippen molar-refractivity contribution in [1.29, 1.82) is 0 Å². The molecule has 1 aromatic carbocycles. The molecule has 0 spiro atoms. The minimum atomic E-state index is 0.0599. The maximum atomic E-state index is 11.9. The Balaban J connectivity index is 2.38. The van der Waals surface area contributed by atoms with Crippen LogP contribution in [0.5, 0.6) is 0 Å². The lowest BCUT2D eigenvalue weighted by atomic mass is 10.00. The highest BCUT2D eigenvalue weighted by Gasteiger charge is 2.09. The minimum absolute atomic E-state index is 0.0599. The largest absolute Gasteiger partial charge is 0.396 e. The van der Waals surface area contributed by atoms with Crippen molar-refractivity contribution in [3.05, 3.63) is 35.4 Å². The molecule has 1 amide bonds. The average molecular weight is 263 g/mol. The molecule has 3 nitrogen and oxygen atoms in total. The van der Waals surface area contributed by atoms with Crippen molar-refractivity contribution in [2.45, 2.75) is 39.5 Å². The molecule has 106 valence electrons. The van der Waals surface area contributed by atoms with E-state index in [0.29, 0.717) is 18.9 Å². The summed E-state index contributed by atoms with van der Waals surface area (Å²) in [6.07, 6.45) is 3.32. The third kappa shape index (κ3) is 6.39. The second-order valence-electron chi connectivity index (χ2n) is 5.14. The van der Waals surface area contributed by atoms with Gasteiger partial charge in [0.25, 0.3) is 0 Å². The lowest BCUT2D eigenvalue weighted by Gasteiger charge is -2.15. The van der Waals surface area contributed by atoms with Gasteiger partial charge in [-0.05, 0) is 31.2 Å². The van der Waals surface area contributed by atoms with Crippen molar-refractivity contribution in [3.63, 3.8) is 0 Å². The van der Waals surface area contributed by atoms with Crippen molar-refractivity contribution in [3.8, 4) is 0 Å². The summed E-state index contributed by atoms with van der Waals surface area (Å²) < 4.78 is 0. The molecule has 0 fully saturated rings. The highest BCUT2D eigenvalue weighted by Crippen LogP contribution is 2.10. The molecule has 1 unspecified atom stereocenters. The van der Waals surface area contributed by atoms with Gasteiger partial charge >= 0.3 is 0 Å². The summed E-state index contributed by atoms with van der Waals surface area (Å²) in [4.78, 5) is 11.9. The van der Waals surface area contributed by atoms with E-state index in [0.717, 1.165) is 24.8 Å². The Morgan fingerprint density at radius 3 is 2.79 bits per heavy atom.